The first-order chi connectivity index (χ1) is 9.20. The lowest BCUT2D eigenvalue weighted by molar-refractivity contribution is -0.115. The van der Waals surface area contributed by atoms with Crippen LogP contribution in [0.4, 0.5) is 10.1 Å². The van der Waals surface area contributed by atoms with Crippen molar-refractivity contribution in [3.63, 3.8) is 0 Å². The Balaban J connectivity index is 2.23. The number of amides is 1. The average molecular weight is 254 g/mol. The molecule has 2 aromatic rings. The van der Waals surface area contributed by atoms with E-state index in [9.17, 15) is 9.18 Å². The molecule has 4 heteroatoms. The fraction of sp³-hybridized carbons (Fsp3) is 0.0667. The zero-order valence-electron chi connectivity index (χ0n) is 10.1. The number of halogens is 1. The number of hydrogen-bond donors (Lipinski definition) is 1. The molecule has 3 nitrogen and oxygen atoms in total. The Hall–Kier alpha value is -2.67. The molecule has 0 radical (unpaired) electrons. The predicted octanol–water partition coefficient (Wildman–Crippen LogP) is 3.34. The molecule has 0 bridgehead atoms. The van der Waals surface area contributed by atoms with Crippen molar-refractivity contribution in [1.29, 1.82) is 5.26 Å². The molecule has 0 saturated heterocycles. The molecule has 1 amide bonds. The quantitative estimate of drug-likeness (QED) is 0.913. The summed E-state index contributed by atoms with van der Waals surface area (Å²) in [5, 5.41) is 10.7. The molecule has 0 aromatic heterocycles. The Morgan fingerprint density at radius 2 is 1.89 bits per heavy atom. The van der Waals surface area contributed by atoms with E-state index in [-0.39, 0.29) is 12.1 Å². The van der Waals surface area contributed by atoms with Gasteiger partial charge in [0, 0.05) is 0 Å². The summed E-state index contributed by atoms with van der Waals surface area (Å²) < 4.78 is 13.8. The summed E-state index contributed by atoms with van der Waals surface area (Å²) in [6, 6.07) is 15.7. The monoisotopic (exact) mass is 254 g/mol. The lowest BCUT2D eigenvalue weighted by Gasteiger charge is -2.07. The lowest BCUT2D eigenvalue weighted by atomic mass is 10.1. The number of anilines is 1. The Labute approximate surface area is 110 Å². The number of carbonyl (C=O) groups is 1. The zero-order valence-corrected chi connectivity index (χ0v) is 10.1. The van der Waals surface area contributed by atoms with Crippen molar-refractivity contribution in [3.8, 4) is 17.2 Å². The molecule has 0 heterocycles. The molecule has 2 rings (SSSR count). The second-order valence-corrected chi connectivity index (χ2v) is 3.94. The van der Waals surface area contributed by atoms with Gasteiger partial charge < -0.3 is 5.32 Å². The molecule has 0 spiro atoms. The van der Waals surface area contributed by atoms with Gasteiger partial charge in [0.1, 0.15) is 12.2 Å². The van der Waals surface area contributed by atoms with E-state index in [4.69, 9.17) is 5.26 Å². The van der Waals surface area contributed by atoms with Crippen LogP contribution < -0.4 is 5.32 Å². The van der Waals surface area contributed by atoms with Crippen LogP contribution in [0.15, 0.2) is 48.5 Å². The average Bonchev–Trinajstić information content (AvgIpc) is 2.42. The number of rotatable bonds is 3. The molecule has 0 unspecified atom stereocenters. The van der Waals surface area contributed by atoms with Crippen molar-refractivity contribution in [2.75, 3.05) is 5.32 Å². The Kier molecular flexibility index (Phi) is 3.89. The van der Waals surface area contributed by atoms with Gasteiger partial charge in [-0.2, -0.15) is 5.26 Å². The third kappa shape index (κ3) is 3.17. The van der Waals surface area contributed by atoms with E-state index in [2.05, 4.69) is 5.32 Å². The van der Waals surface area contributed by atoms with Gasteiger partial charge in [0.25, 0.3) is 0 Å². The summed E-state index contributed by atoms with van der Waals surface area (Å²) in [7, 11) is 0. The number of benzene rings is 2. The van der Waals surface area contributed by atoms with Gasteiger partial charge >= 0.3 is 0 Å². The fourth-order valence-corrected chi connectivity index (χ4v) is 1.69. The summed E-state index contributed by atoms with van der Waals surface area (Å²) in [6.45, 7) is 0. The van der Waals surface area contributed by atoms with Crippen LogP contribution in [0.5, 0.6) is 0 Å². The molecule has 1 N–H and O–H groups in total. The minimum atomic E-state index is -0.521. The van der Waals surface area contributed by atoms with Gasteiger partial charge in [-0.05, 0) is 23.3 Å². The SMILES string of the molecule is N#CCC(=O)Nc1ccc(-c2ccccc2)cc1F. The Bertz CT molecular complexity index is 632. The minimum Gasteiger partial charge on any atom is -0.323 e. The van der Waals surface area contributed by atoms with Crippen LogP contribution in [-0.4, -0.2) is 5.91 Å². The molecule has 0 aliphatic carbocycles. The molecular weight excluding hydrogens is 243 g/mol. The van der Waals surface area contributed by atoms with Gasteiger partial charge in [0.15, 0.2) is 0 Å². The first-order valence-corrected chi connectivity index (χ1v) is 5.72. The summed E-state index contributed by atoms with van der Waals surface area (Å²) in [6.07, 6.45) is -0.292. The molecule has 0 aliphatic rings. The topological polar surface area (TPSA) is 52.9 Å². The van der Waals surface area contributed by atoms with Gasteiger partial charge in [-0.3, -0.25) is 4.79 Å². The lowest BCUT2D eigenvalue weighted by Crippen LogP contribution is -2.11. The standard InChI is InChI=1S/C15H11FN2O/c16-13-10-12(11-4-2-1-3-5-11)6-7-14(13)18-15(19)8-9-17/h1-7,10H,8H2,(H,18,19). The maximum atomic E-state index is 13.8. The highest BCUT2D eigenvalue weighted by Crippen LogP contribution is 2.24. The van der Waals surface area contributed by atoms with Crippen molar-refractivity contribution in [2.45, 2.75) is 6.42 Å². The summed E-state index contributed by atoms with van der Waals surface area (Å²) in [5.41, 5.74) is 1.72. The van der Waals surface area contributed by atoms with Crippen molar-refractivity contribution in [1.82, 2.24) is 0 Å². The first kappa shape index (κ1) is 12.8. The molecular formula is C15H11FN2O. The van der Waals surface area contributed by atoms with Gasteiger partial charge in [-0.15, -0.1) is 0 Å². The maximum Gasteiger partial charge on any atom is 0.238 e. The minimum absolute atomic E-state index is 0.0833. The van der Waals surface area contributed by atoms with Crippen molar-refractivity contribution in [3.05, 3.63) is 54.3 Å². The number of hydrogen-bond acceptors (Lipinski definition) is 2. The molecule has 19 heavy (non-hydrogen) atoms. The molecule has 94 valence electrons. The number of nitrogens with zero attached hydrogens (tertiary/aromatic N) is 1. The summed E-state index contributed by atoms with van der Waals surface area (Å²) >= 11 is 0. The van der Waals surface area contributed by atoms with Crippen LogP contribution in [0.25, 0.3) is 11.1 Å². The number of nitrogens with one attached hydrogen (secondary N) is 1. The van der Waals surface area contributed by atoms with E-state index in [1.807, 2.05) is 30.3 Å². The molecule has 0 aliphatic heterocycles. The van der Waals surface area contributed by atoms with E-state index >= 15 is 0 Å². The van der Waals surface area contributed by atoms with Crippen LogP contribution in [0, 0.1) is 17.1 Å². The molecule has 2 aromatic carbocycles. The van der Waals surface area contributed by atoms with Crippen molar-refractivity contribution >= 4 is 11.6 Å². The van der Waals surface area contributed by atoms with Crippen molar-refractivity contribution in [2.24, 2.45) is 0 Å². The number of carbonyl (C=O) groups excluding carboxylic acids is 1. The van der Waals surface area contributed by atoms with Crippen molar-refractivity contribution < 1.29 is 9.18 Å². The normalized spacial score (nSPS) is 9.68. The predicted molar refractivity (Wildman–Crippen MR) is 70.7 cm³/mol. The second-order valence-electron chi connectivity index (χ2n) is 3.94. The van der Waals surface area contributed by atoms with E-state index in [0.29, 0.717) is 0 Å². The van der Waals surface area contributed by atoms with Gasteiger partial charge in [0.2, 0.25) is 5.91 Å². The summed E-state index contributed by atoms with van der Waals surface area (Å²) in [4.78, 5) is 11.2. The van der Waals surface area contributed by atoms with Gasteiger partial charge in [0.05, 0.1) is 11.8 Å². The smallest absolute Gasteiger partial charge is 0.238 e. The van der Waals surface area contributed by atoms with E-state index in [1.165, 1.54) is 12.1 Å². The largest absolute Gasteiger partial charge is 0.323 e. The van der Waals surface area contributed by atoms with Gasteiger partial charge in [-0.25, -0.2) is 4.39 Å². The van der Waals surface area contributed by atoms with Crippen LogP contribution in [0.1, 0.15) is 6.42 Å². The van der Waals surface area contributed by atoms with Crippen LogP contribution in [0.2, 0.25) is 0 Å². The fourth-order valence-electron chi connectivity index (χ4n) is 1.69. The molecule has 0 saturated carbocycles. The first-order valence-electron chi connectivity index (χ1n) is 5.72. The van der Waals surface area contributed by atoms with Gasteiger partial charge in [-0.1, -0.05) is 36.4 Å². The van der Waals surface area contributed by atoms with E-state index in [0.717, 1.165) is 11.1 Å². The molecule has 0 fully saturated rings. The number of nitriles is 1. The highest BCUT2D eigenvalue weighted by atomic mass is 19.1. The highest BCUT2D eigenvalue weighted by Gasteiger charge is 2.08. The van der Waals surface area contributed by atoms with Crippen LogP contribution in [0.3, 0.4) is 0 Å². The van der Waals surface area contributed by atoms with E-state index in [1.54, 1.807) is 12.1 Å². The van der Waals surface area contributed by atoms with Crippen LogP contribution in [-0.2, 0) is 4.79 Å². The van der Waals surface area contributed by atoms with Crippen LogP contribution >= 0.6 is 0 Å². The van der Waals surface area contributed by atoms with E-state index < -0.39 is 11.7 Å². The highest BCUT2D eigenvalue weighted by molar-refractivity contribution is 5.92. The second kappa shape index (κ2) is 5.78. The third-order valence-electron chi connectivity index (χ3n) is 2.59. The zero-order chi connectivity index (χ0) is 13.7. The summed E-state index contributed by atoms with van der Waals surface area (Å²) in [5.74, 6) is -1.04. The molecule has 0 atom stereocenters. The Morgan fingerprint density at radius 3 is 2.53 bits per heavy atom. The third-order valence-corrected chi connectivity index (χ3v) is 2.59. The Morgan fingerprint density at radius 1 is 1.16 bits per heavy atom. The maximum absolute atomic E-state index is 13.8.